The average Bonchev–Trinajstić information content (AvgIpc) is 3.27. The minimum Gasteiger partial charge on any atom is -0.481 e. The fraction of sp³-hybridized carbons (Fsp3) is 0.474. The van der Waals surface area contributed by atoms with Crippen LogP contribution in [0.5, 0.6) is 0 Å². The highest BCUT2D eigenvalue weighted by Gasteiger charge is 2.32. The predicted octanol–water partition coefficient (Wildman–Crippen LogP) is -3.97. The lowest BCUT2D eigenvalue weighted by Crippen LogP contribution is -2.58. The van der Waals surface area contributed by atoms with Crippen molar-refractivity contribution >= 4 is 41.5 Å². The topological polar surface area (TPSA) is 297 Å². The van der Waals surface area contributed by atoms with Gasteiger partial charge in [0.1, 0.15) is 18.1 Å². The number of aliphatic carboxylic acids is 3. The molecule has 4 unspecified atom stereocenters. The summed E-state index contributed by atoms with van der Waals surface area (Å²) in [5, 5.41) is 33.6. The molecular formula is C19H27N7O10. The smallest absolute Gasteiger partial charge is 0.326 e. The number of nitrogens with one attached hydrogen (secondary N) is 4. The quantitative estimate of drug-likeness (QED) is 0.102. The van der Waals surface area contributed by atoms with E-state index in [0.717, 1.165) is 0 Å². The summed E-state index contributed by atoms with van der Waals surface area (Å²) in [6.45, 7) is 0. The average molecular weight is 513 g/mol. The summed E-state index contributed by atoms with van der Waals surface area (Å²) in [5.74, 6) is -8.42. The summed E-state index contributed by atoms with van der Waals surface area (Å²) in [6, 6.07) is -6.29. The fourth-order valence-electron chi connectivity index (χ4n) is 2.87. The molecule has 36 heavy (non-hydrogen) atoms. The third-order valence-electron chi connectivity index (χ3n) is 4.64. The van der Waals surface area contributed by atoms with Crippen molar-refractivity contribution in [1.29, 1.82) is 0 Å². The van der Waals surface area contributed by atoms with E-state index in [1.165, 1.54) is 12.5 Å². The number of aromatic amines is 1. The second kappa shape index (κ2) is 14.0. The molecule has 0 aliphatic rings. The molecule has 4 amide bonds. The van der Waals surface area contributed by atoms with Crippen LogP contribution in [-0.2, 0) is 40.0 Å². The van der Waals surface area contributed by atoms with Crippen LogP contribution in [-0.4, -0.2) is 91.0 Å². The molecule has 11 N–H and O–H groups in total. The molecule has 0 radical (unpaired) electrons. The molecule has 0 aromatic carbocycles. The number of carbonyl (C=O) groups is 7. The minimum atomic E-state index is -1.73. The lowest BCUT2D eigenvalue weighted by atomic mass is 10.1. The highest BCUT2D eigenvalue weighted by molar-refractivity contribution is 5.96. The Morgan fingerprint density at radius 2 is 1.44 bits per heavy atom. The lowest BCUT2D eigenvalue weighted by molar-refractivity contribution is -0.144. The molecule has 0 spiro atoms. The number of rotatable bonds is 16. The zero-order valence-electron chi connectivity index (χ0n) is 18.8. The predicted molar refractivity (Wildman–Crippen MR) is 117 cm³/mol. The van der Waals surface area contributed by atoms with Gasteiger partial charge in [-0.05, 0) is 6.42 Å². The Hall–Kier alpha value is -4.54. The molecule has 0 aliphatic heterocycles. The molecule has 17 nitrogen and oxygen atoms in total. The number of amides is 4. The highest BCUT2D eigenvalue weighted by atomic mass is 16.4. The lowest BCUT2D eigenvalue weighted by Gasteiger charge is -2.24. The first kappa shape index (κ1) is 29.5. The number of nitrogens with two attached hydrogens (primary N) is 2. The third kappa shape index (κ3) is 10.6. The van der Waals surface area contributed by atoms with Gasteiger partial charge in [-0.15, -0.1) is 0 Å². The molecule has 1 aromatic rings. The maximum atomic E-state index is 12.8. The van der Waals surface area contributed by atoms with Gasteiger partial charge in [0.2, 0.25) is 23.6 Å². The van der Waals surface area contributed by atoms with Gasteiger partial charge in [0.15, 0.2) is 0 Å². The van der Waals surface area contributed by atoms with Crippen molar-refractivity contribution < 1.29 is 48.9 Å². The van der Waals surface area contributed by atoms with E-state index < -0.39 is 91.4 Å². The Morgan fingerprint density at radius 1 is 0.861 bits per heavy atom. The Bertz CT molecular complexity index is 981. The summed E-state index contributed by atoms with van der Waals surface area (Å²) in [7, 11) is 0. The van der Waals surface area contributed by atoms with Crippen LogP contribution in [0.15, 0.2) is 12.5 Å². The standard InChI is InChI=1S/C19H27N7O10/c20-9(4-13(21)27)16(32)25-12(5-15(30)31)18(34)26-11(3-8-6-22-7-23-8)17(33)24-10(19(35)36)1-2-14(28)29/h6-7,9-12H,1-5,20H2,(H2,21,27)(H,22,23)(H,24,33)(H,25,32)(H,26,34)(H,28,29)(H,30,31)(H,35,36). The number of carboxylic acids is 3. The van der Waals surface area contributed by atoms with Gasteiger partial charge in [-0.3, -0.25) is 28.8 Å². The Kier molecular flexibility index (Phi) is 11.5. The van der Waals surface area contributed by atoms with Gasteiger partial charge in [0.25, 0.3) is 0 Å². The molecule has 0 bridgehead atoms. The van der Waals surface area contributed by atoms with E-state index in [9.17, 15) is 38.7 Å². The fourth-order valence-corrected chi connectivity index (χ4v) is 2.87. The van der Waals surface area contributed by atoms with Crippen molar-refractivity contribution in [2.75, 3.05) is 0 Å². The van der Waals surface area contributed by atoms with Crippen LogP contribution in [0.4, 0.5) is 0 Å². The summed E-state index contributed by atoms with van der Waals surface area (Å²) < 4.78 is 0. The van der Waals surface area contributed by atoms with E-state index in [1.807, 2.05) is 0 Å². The monoisotopic (exact) mass is 513 g/mol. The van der Waals surface area contributed by atoms with Crippen LogP contribution in [0.1, 0.15) is 31.4 Å². The minimum absolute atomic E-state index is 0.252. The zero-order valence-corrected chi connectivity index (χ0v) is 18.8. The first-order valence-corrected chi connectivity index (χ1v) is 10.4. The van der Waals surface area contributed by atoms with Crippen LogP contribution in [0.25, 0.3) is 0 Å². The van der Waals surface area contributed by atoms with Crippen LogP contribution < -0.4 is 27.4 Å². The molecule has 1 heterocycles. The molecule has 17 heteroatoms. The van der Waals surface area contributed by atoms with E-state index in [2.05, 4.69) is 25.9 Å². The van der Waals surface area contributed by atoms with Crippen molar-refractivity contribution in [1.82, 2.24) is 25.9 Å². The molecule has 1 rings (SSSR count). The number of aromatic nitrogens is 2. The summed E-state index contributed by atoms with van der Waals surface area (Å²) in [5.41, 5.74) is 10.8. The van der Waals surface area contributed by atoms with Crippen LogP contribution in [0, 0.1) is 0 Å². The Labute approximate surface area is 203 Å². The molecule has 0 aliphatic carbocycles. The number of nitrogens with zero attached hydrogens (tertiary/aromatic N) is 1. The van der Waals surface area contributed by atoms with E-state index in [-0.39, 0.29) is 6.42 Å². The summed E-state index contributed by atoms with van der Waals surface area (Å²) in [4.78, 5) is 88.6. The van der Waals surface area contributed by atoms with Gasteiger partial charge in [-0.1, -0.05) is 0 Å². The number of carbonyl (C=O) groups excluding carboxylic acids is 4. The molecule has 0 saturated heterocycles. The van der Waals surface area contributed by atoms with Gasteiger partial charge in [-0.25, -0.2) is 9.78 Å². The SMILES string of the molecule is NC(=O)CC(N)C(=O)NC(CC(=O)O)C(=O)NC(Cc1cnc[nH]1)C(=O)NC(CCC(=O)O)C(=O)O. The number of H-pyrrole nitrogens is 1. The zero-order chi connectivity index (χ0) is 27.4. The first-order valence-electron chi connectivity index (χ1n) is 10.4. The van der Waals surface area contributed by atoms with E-state index in [4.69, 9.17) is 21.7 Å². The largest absolute Gasteiger partial charge is 0.481 e. The van der Waals surface area contributed by atoms with Gasteiger partial charge in [0, 0.05) is 24.7 Å². The van der Waals surface area contributed by atoms with Crippen LogP contribution in [0.3, 0.4) is 0 Å². The number of carboxylic acid groups (broad SMARTS) is 3. The van der Waals surface area contributed by atoms with Crippen LogP contribution >= 0.6 is 0 Å². The first-order chi connectivity index (χ1) is 16.8. The van der Waals surface area contributed by atoms with E-state index >= 15 is 0 Å². The Balaban J connectivity index is 3.08. The molecule has 4 atom stereocenters. The second-order valence-electron chi connectivity index (χ2n) is 7.61. The molecule has 0 saturated carbocycles. The molecular weight excluding hydrogens is 486 g/mol. The van der Waals surface area contributed by atoms with Gasteiger partial charge >= 0.3 is 17.9 Å². The summed E-state index contributed by atoms with van der Waals surface area (Å²) >= 11 is 0. The Morgan fingerprint density at radius 3 is 1.94 bits per heavy atom. The third-order valence-corrected chi connectivity index (χ3v) is 4.64. The highest BCUT2D eigenvalue weighted by Crippen LogP contribution is 2.05. The number of primary amides is 1. The normalized spacial score (nSPS) is 13.9. The molecule has 1 aromatic heterocycles. The maximum Gasteiger partial charge on any atom is 0.326 e. The van der Waals surface area contributed by atoms with Gasteiger partial charge in [-0.2, -0.15) is 0 Å². The van der Waals surface area contributed by atoms with E-state index in [0.29, 0.717) is 5.69 Å². The van der Waals surface area contributed by atoms with Gasteiger partial charge in [0.05, 0.1) is 25.2 Å². The maximum absolute atomic E-state index is 12.8. The van der Waals surface area contributed by atoms with Crippen molar-refractivity contribution in [3.05, 3.63) is 18.2 Å². The van der Waals surface area contributed by atoms with Crippen molar-refractivity contribution in [3.63, 3.8) is 0 Å². The van der Waals surface area contributed by atoms with E-state index in [1.54, 1.807) is 0 Å². The van der Waals surface area contributed by atoms with Gasteiger partial charge < -0.3 is 47.7 Å². The number of hydrogen-bond donors (Lipinski definition) is 9. The second-order valence-corrected chi connectivity index (χ2v) is 7.61. The summed E-state index contributed by atoms with van der Waals surface area (Å²) in [6.07, 6.45) is -0.181. The number of hydrogen-bond acceptors (Lipinski definition) is 9. The van der Waals surface area contributed by atoms with Crippen molar-refractivity contribution in [2.45, 2.75) is 56.3 Å². The van der Waals surface area contributed by atoms with Crippen LogP contribution in [0.2, 0.25) is 0 Å². The van der Waals surface area contributed by atoms with Crippen molar-refractivity contribution in [3.8, 4) is 0 Å². The van der Waals surface area contributed by atoms with Crippen molar-refractivity contribution in [2.24, 2.45) is 11.5 Å². The molecule has 0 fully saturated rings. The molecule has 198 valence electrons. The number of imidazole rings is 1.